The fourth-order valence-corrected chi connectivity index (χ4v) is 3.22. The van der Waals surface area contributed by atoms with Gasteiger partial charge in [0.25, 0.3) is 0 Å². The Morgan fingerprint density at radius 1 is 1.10 bits per heavy atom. The highest BCUT2D eigenvalue weighted by Gasteiger charge is 2.23. The summed E-state index contributed by atoms with van der Waals surface area (Å²) in [6.07, 6.45) is 0.478. The molecular formula is C21H24N6O2. The molecule has 3 rings (SSSR count). The number of imidazole rings is 1. The third-order valence-electron chi connectivity index (χ3n) is 4.72. The maximum Gasteiger partial charge on any atom is 0.328 e. The van der Waals surface area contributed by atoms with Gasteiger partial charge in [-0.25, -0.2) is 9.78 Å². The van der Waals surface area contributed by atoms with Crippen LogP contribution in [0.3, 0.4) is 0 Å². The molecule has 0 radical (unpaired) electrons. The van der Waals surface area contributed by atoms with Crippen molar-refractivity contribution in [3.8, 4) is 0 Å². The highest BCUT2D eigenvalue weighted by atomic mass is 16.5. The summed E-state index contributed by atoms with van der Waals surface area (Å²) in [6.45, 7) is 3.82. The van der Waals surface area contributed by atoms with Crippen LogP contribution in [0.4, 0.5) is 0 Å². The predicted octanol–water partition coefficient (Wildman–Crippen LogP) is 2.32. The van der Waals surface area contributed by atoms with Gasteiger partial charge in [-0.05, 0) is 37.6 Å². The maximum absolute atomic E-state index is 12.5. The summed E-state index contributed by atoms with van der Waals surface area (Å²) in [5, 5.41) is 15.2. The summed E-state index contributed by atoms with van der Waals surface area (Å²) in [5.41, 5.74) is 14.8. The number of hydrogen-bond donors (Lipinski definition) is 4. The largest absolute Gasteiger partial charge is 0.464 e. The quantitative estimate of drug-likeness (QED) is 0.277. The average molecular weight is 392 g/mol. The zero-order chi connectivity index (χ0) is 21.1. The number of esters is 1. The Hall–Kier alpha value is -3.68. The van der Waals surface area contributed by atoms with E-state index < -0.39 is 6.04 Å². The Morgan fingerprint density at radius 2 is 1.72 bits per heavy atom. The molecule has 0 aliphatic carbocycles. The molecule has 1 aromatic heterocycles. The van der Waals surface area contributed by atoms with Crippen molar-refractivity contribution in [3.63, 3.8) is 0 Å². The van der Waals surface area contributed by atoms with E-state index >= 15 is 0 Å². The number of nitrogens with zero attached hydrogens (tertiary/aromatic N) is 2. The van der Waals surface area contributed by atoms with Gasteiger partial charge in [0, 0.05) is 17.5 Å². The Kier molecular flexibility index (Phi) is 5.63. The minimum Gasteiger partial charge on any atom is -0.464 e. The number of nitrogen functional groups attached to an aromatic ring is 2. The molecule has 1 heterocycles. The molecule has 29 heavy (non-hydrogen) atoms. The first-order valence-corrected chi connectivity index (χ1v) is 9.27. The van der Waals surface area contributed by atoms with Crippen LogP contribution in [0, 0.1) is 10.8 Å². The van der Waals surface area contributed by atoms with Crippen LogP contribution in [0.2, 0.25) is 0 Å². The molecule has 0 bridgehead atoms. The number of aromatic nitrogens is 2. The predicted molar refractivity (Wildman–Crippen MR) is 112 cm³/mol. The molecule has 0 amide bonds. The van der Waals surface area contributed by atoms with Gasteiger partial charge in [-0.15, -0.1) is 0 Å². The first kappa shape index (κ1) is 20.1. The van der Waals surface area contributed by atoms with E-state index in [2.05, 4.69) is 0 Å². The van der Waals surface area contributed by atoms with Crippen LogP contribution in [-0.2, 0) is 16.0 Å². The number of carbonyl (C=O) groups is 1. The van der Waals surface area contributed by atoms with Crippen molar-refractivity contribution in [2.75, 3.05) is 6.61 Å². The maximum atomic E-state index is 12.5. The Morgan fingerprint density at radius 3 is 2.31 bits per heavy atom. The van der Waals surface area contributed by atoms with Crippen molar-refractivity contribution in [1.29, 1.82) is 10.8 Å². The van der Waals surface area contributed by atoms with E-state index in [1.807, 2.05) is 16.7 Å². The number of carbonyl (C=O) groups excluding carboxylic acids is 1. The van der Waals surface area contributed by atoms with Gasteiger partial charge >= 0.3 is 5.97 Å². The Labute approximate surface area is 168 Å². The molecule has 6 N–H and O–H groups in total. The number of fused-ring (bicyclic) bond motifs is 1. The third-order valence-corrected chi connectivity index (χ3v) is 4.72. The van der Waals surface area contributed by atoms with Gasteiger partial charge in [0.1, 0.15) is 23.5 Å². The summed E-state index contributed by atoms with van der Waals surface area (Å²) >= 11 is 0. The molecule has 1 atom stereocenters. The van der Waals surface area contributed by atoms with Crippen molar-refractivity contribution >= 4 is 28.7 Å². The Balaban J connectivity index is 2.09. The van der Waals surface area contributed by atoms with Crippen LogP contribution in [0.5, 0.6) is 0 Å². The number of nitrogens with one attached hydrogen (secondary N) is 2. The van der Waals surface area contributed by atoms with Gasteiger partial charge in [0.15, 0.2) is 0 Å². The second-order valence-electron chi connectivity index (χ2n) is 6.73. The highest BCUT2D eigenvalue weighted by molar-refractivity contribution is 5.98. The molecular weight excluding hydrogens is 368 g/mol. The van der Waals surface area contributed by atoms with Crippen LogP contribution >= 0.6 is 0 Å². The monoisotopic (exact) mass is 392 g/mol. The molecule has 2 aromatic carbocycles. The van der Waals surface area contributed by atoms with Crippen molar-refractivity contribution in [1.82, 2.24) is 9.55 Å². The summed E-state index contributed by atoms with van der Waals surface area (Å²) in [6, 6.07) is 12.1. The second-order valence-corrected chi connectivity index (χ2v) is 6.73. The molecule has 0 spiro atoms. The van der Waals surface area contributed by atoms with Crippen LogP contribution < -0.4 is 11.5 Å². The molecule has 0 saturated carbocycles. The van der Waals surface area contributed by atoms with Crippen LogP contribution in [0.15, 0.2) is 42.5 Å². The number of rotatable bonds is 7. The smallest absolute Gasteiger partial charge is 0.328 e. The van der Waals surface area contributed by atoms with E-state index in [0.717, 1.165) is 5.56 Å². The standard InChI is InChI=1S/C21H24N6O2/c1-3-29-21(28)12(2)27-17-11-15(20(24)25)8-9-16(17)26-18(27)10-13-4-6-14(7-5-13)19(22)23/h4-9,11-12H,3,10H2,1-2H3,(H3,22,23)(H3,24,25). The topological polar surface area (TPSA) is 144 Å². The molecule has 0 fully saturated rings. The molecule has 0 aliphatic rings. The fraction of sp³-hybridized carbons (Fsp3) is 0.238. The molecule has 0 saturated heterocycles. The van der Waals surface area contributed by atoms with Gasteiger partial charge < -0.3 is 20.8 Å². The normalized spacial score (nSPS) is 11.9. The lowest BCUT2D eigenvalue weighted by Crippen LogP contribution is -2.21. The number of ether oxygens (including phenoxy) is 1. The number of amidine groups is 2. The summed E-state index contributed by atoms with van der Waals surface area (Å²) in [5.74, 6) is 0.298. The van der Waals surface area contributed by atoms with Gasteiger partial charge in [-0.2, -0.15) is 0 Å². The second kappa shape index (κ2) is 8.14. The average Bonchev–Trinajstić information content (AvgIpc) is 3.04. The van der Waals surface area contributed by atoms with E-state index in [1.165, 1.54) is 0 Å². The van der Waals surface area contributed by atoms with E-state index in [4.69, 9.17) is 32.0 Å². The summed E-state index contributed by atoms with van der Waals surface area (Å²) in [7, 11) is 0. The van der Waals surface area contributed by atoms with Crippen molar-refractivity contribution in [2.24, 2.45) is 11.5 Å². The van der Waals surface area contributed by atoms with Gasteiger partial charge in [0.05, 0.1) is 17.6 Å². The number of hydrogen-bond acceptors (Lipinski definition) is 5. The lowest BCUT2D eigenvalue weighted by atomic mass is 10.1. The summed E-state index contributed by atoms with van der Waals surface area (Å²) in [4.78, 5) is 17.2. The molecule has 0 aliphatic heterocycles. The van der Waals surface area contributed by atoms with Crippen LogP contribution in [0.1, 0.15) is 42.4 Å². The summed E-state index contributed by atoms with van der Waals surface area (Å²) < 4.78 is 7.04. The SMILES string of the molecule is CCOC(=O)C(C)n1c(Cc2ccc(C(=N)N)cc2)nc2ccc(C(=N)N)cc21. The minimum absolute atomic E-state index is 0.0106. The number of nitrogens with two attached hydrogens (primary N) is 2. The lowest BCUT2D eigenvalue weighted by Gasteiger charge is -2.17. The van der Waals surface area contributed by atoms with Crippen molar-refractivity contribution in [2.45, 2.75) is 26.3 Å². The van der Waals surface area contributed by atoms with Crippen molar-refractivity contribution < 1.29 is 9.53 Å². The molecule has 1 unspecified atom stereocenters. The molecule has 8 heteroatoms. The zero-order valence-corrected chi connectivity index (χ0v) is 16.4. The van der Waals surface area contributed by atoms with E-state index in [0.29, 0.717) is 34.4 Å². The third kappa shape index (κ3) is 4.11. The first-order chi connectivity index (χ1) is 13.8. The molecule has 3 aromatic rings. The fourth-order valence-electron chi connectivity index (χ4n) is 3.22. The molecule has 8 nitrogen and oxygen atoms in total. The van der Waals surface area contributed by atoms with Gasteiger partial charge in [0.2, 0.25) is 0 Å². The van der Waals surface area contributed by atoms with Gasteiger partial charge in [-0.1, -0.05) is 24.3 Å². The van der Waals surface area contributed by atoms with E-state index in [-0.39, 0.29) is 24.2 Å². The van der Waals surface area contributed by atoms with E-state index in [1.54, 1.807) is 44.2 Å². The minimum atomic E-state index is -0.589. The lowest BCUT2D eigenvalue weighted by molar-refractivity contribution is -0.146. The van der Waals surface area contributed by atoms with Crippen LogP contribution in [-0.4, -0.2) is 33.8 Å². The van der Waals surface area contributed by atoms with Gasteiger partial charge in [-0.3, -0.25) is 10.8 Å². The van der Waals surface area contributed by atoms with Crippen LogP contribution in [0.25, 0.3) is 11.0 Å². The highest BCUT2D eigenvalue weighted by Crippen LogP contribution is 2.25. The number of benzene rings is 2. The zero-order valence-electron chi connectivity index (χ0n) is 16.4. The Bertz CT molecular complexity index is 1080. The van der Waals surface area contributed by atoms with E-state index in [9.17, 15) is 4.79 Å². The van der Waals surface area contributed by atoms with Crippen molar-refractivity contribution in [3.05, 3.63) is 65.0 Å². The molecule has 150 valence electrons. The first-order valence-electron chi connectivity index (χ1n) is 9.27.